The van der Waals surface area contributed by atoms with Crippen molar-refractivity contribution >= 4 is 40.5 Å². The van der Waals surface area contributed by atoms with Crippen molar-refractivity contribution in [3.63, 3.8) is 0 Å². The molecule has 1 amide bonds. The number of nitrogen functional groups attached to an aromatic ring is 1. The standard InChI is InChI=1S/C14H20Cl2N4O/c1-9-7-19(2)3-4-20(9)8-13(21)18-14-11(16)5-10(15)6-12(14)17/h5-6,9H,3-4,7-8,17H2,1-2H3,(H,18,21). The minimum atomic E-state index is -0.123. The van der Waals surface area contributed by atoms with Gasteiger partial charge in [0.05, 0.1) is 22.9 Å². The fourth-order valence-electron chi connectivity index (χ4n) is 2.50. The number of hydrogen-bond acceptors (Lipinski definition) is 4. The third-order valence-corrected chi connectivity index (χ3v) is 4.18. The van der Waals surface area contributed by atoms with E-state index in [1.54, 1.807) is 12.1 Å². The lowest BCUT2D eigenvalue weighted by Crippen LogP contribution is -2.52. The second kappa shape index (κ2) is 6.83. The first-order chi connectivity index (χ1) is 9.86. The molecule has 0 radical (unpaired) electrons. The number of nitrogens with two attached hydrogens (primary N) is 1. The Bertz CT molecular complexity index is 515. The van der Waals surface area contributed by atoms with Gasteiger partial charge in [0.25, 0.3) is 0 Å². The van der Waals surface area contributed by atoms with Gasteiger partial charge in [-0.05, 0) is 26.1 Å². The highest BCUT2D eigenvalue weighted by Crippen LogP contribution is 2.32. The largest absolute Gasteiger partial charge is 0.397 e. The summed E-state index contributed by atoms with van der Waals surface area (Å²) >= 11 is 11.9. The van der Waals surface area contributed by atoms with E-state index < -0.39 is 0 Å². The van der Waals surface area contributed by atoms with Crippen LogP contribution in [0.1, 0.15) is 6.92 Å². The fraction of sp³-hybridized carbons (Fsp3) is 0.500. The highest BCUT2D eigenvalue weighted by Gasteiger charge is 2.23. The SMILES string of the molecule is CC1CN(C)CCN1CC(=O)Nc1c(N)cc(Cl)cc1Cl. The Morgan fingerprint density at radius 1 is 1.43 bits per heavy atom. The molecule has 116 valence electrons. The normalized spacial score (nSPS) is 20.5. The van der Waals surface area contributed by atoms with Gasteiger partial charge < -0.3 is 16.0 Å². The summed E-state index contributed by atoms with van der Waals surface area (Å²) in [6.45, 7) is 5.23. The van der Waals surface area contributed by atoms with Crippen LogP contribution in [-0.2, 0) is 4.79 Å². The van der Waals surface area contributed by atoms with Gasteiger partial charge in [-0.25, -0.2) is 0 Å². The van der Waals surface area contributed by atoms with Gasteiger partial charge in [0.2, 0.25) is 5.91 Å². The number of hydrogen-bond donors (Lipinski definition) is 2. The first kappa shape index (κ1) is 16.4. The number of likely N-dealkylation sites (N-methyl/N-ethyl adjacent to an activating group) is 1. The maximum absolute atomic E-state index is 12.2. The van der Waals surface area contributed by atoms with E-state index in [4.69, 9.17) is 28.9 Å². The Balaban J connectivity index is 1.99. The maximum atomic E-state index is 12.2. The Morgan fingerprint density at radius 3 is 2.76 bits per heavy atom. The van der Waals surface area contributed by atoms with Crippen molar-refractivity contribution in [2.24, 2.45) is 0 Å². The Kier molecular flexibility index (Phi) is 5.32. The summed E-state index contributed by atoms with van der Waals surface area (Å²) in [6, 6.07) is 3.47. The summed E-state index contributed by atoms with van der Waals surface area (Å²) in [5.41, 5.74) is 6.64. The molecule has 0 saturated carbocycles. The van der Waals surface area contributed by atoms with Gasteiger partial charge in [0.15, 0.2) is 0 Å². The Hall–Kier alpha value is -1.01. The summed E-state index contributed by atoms with van der Waals surface area (Å²) in [5.74, 6) is -0.123. The number of carbonyl (C=O) groups is 1. The van der Waals surface area contributed by atoms with E-state index in [-0.39, 0.29) is 5.91 Å². The molecule has 3 N–H and O–H groups in total. The minimum Gasteiger partial charge on any atom is -0.397 e. The molecular weight excluding hydrogens is 311 g/mol. The molecule has 1 aliphatic heterocycles. The Morgan fingerprint density at radius 2 is 2.14 bits per heavy atom. The van der Waals surface area contributed by atoms with Crippen LogP contribution in [0, 0.1) is 0 Å². The number of benzene rings is 1. The van der Waals surface area contributed by atoms with Crippen LogP contribution < -0.4 is 11.1 Å². The van der Waals surface area contributed by atoms with E-state index in [2.05, 4.69) is 29.1 Å². The van der Waals surface area contributed by atoms with Crippen LogP contribution in [0.5, 0.6) is 0 Å². The van der Waals surface area contributed by atoms with Gasteiger partial charge >= 0.3 is 0 Å². The first-order valence-corrected chi connectivity index (χ1v) is 7.59. The van der Waals surface area contributed by atoms with Crippen molar-refractivity contribution in [1.29, 1.82) is 0 Å². The van der Waals surface area contributed by atoms with E-state index in [1.807, 2.05) is 0 Å². The monoisotopic (exact) mass is 330 g/mol. The Labute approximate surface area is 135 Å². The highest BCUT2D eigenvalue weighted by atomic mass is 35.5. The van der Waals surface area contributed by atoms with Gasteiger partial charge in [-0.3, -0.25) is 9.69 Å². The van der Waals surface area contributed by atoms with Crippen molar-refractivity contribution in [2.45, 2.75) is 13.0 Å². The molecule has 1 fully saturated rings. The molecule has 0 bridgehead atoms. The first-order valence-electron chi connectivity index (χ1n) is 6.83. The van der Waals surface area contributed by atoms with Crippen LogP contribution in [0.2, 0.25) is 10.0 Å². The molecule has 0 spiro atoms. The minimum absolute atomic E-state index is 0.123. The number of halogens is 2. The highest BCUT2D eigenvalue weighted by molar-refractivity contribution is 6.37. The summed E-state index contributed by atoms with van der Waals surface area (Å²) in [7, 11) is 2.09. The second-order valence-electron chi connectivity index (χ2n) is 5.48. The number of nitrogens with zero attached hydrogens (tertiary/aromatic N) is 2. The molecule has 1 aliphatic rings. The van der Waals surface area contributed by atoms with Gasteiger partial charge in [-0.2, -0.15) is 0 Å². The lowest BCUT2D eigenvalue weighted by molar-refractivity contribution is -0.118. The maximum Gasteiger partial charge on any atom is 0.238 e. The molecule has 1 heterocycles. The van der Waals surface area contributed by atoms with Crippen molar-refractivity contribution in [2.75, 3.05) is 44.3 Å². The zero-order valence-electron chi connectivity index (χ0n) is 12.2. The van der Waals surface area contributed by atoms with Gasteiger partial charge in [0.1, 0.15) is 0 Å². The fourth-order valence-corrected chi connectivity index (χ4v) is 3.06. The summed E-state index contributed by atoms with van der Waals surface area (Å²) in [6.07, 6.45) is 0. The lowest BCUT2D eigenvalue weighted by atomic mass is 10.2. The molecule has 1 saturated heterocycles. The second-order valence-corrected chi connectivity index (χ2v) is 6.33. The van der Waals surface area contributed by atoms with Crippen molar-refractivity contribution in [1.82, 2.24) is 9.80 Å². The van der Waals surface area contributed by atoms with Crippen molar-refractivity contribution in [3.05, 3.63) is 22.2 Å². The zero-order valence-corrected chi connectivity index (χ0v) is 13.7. The predicted molar refractivity (Wildman–Crippen MR) is 88.0 cm³/mol. The number of piperazine rings is 1. The topological polar surface area (TPSA) is 61.6 Å². The number of carbonyl (C=O) groups excluding carboxylic acids is 1. The molecule has 0 aliphatic carbocycles. The van der Waals surface area contributed by atoms with Gasteiger partial charge in [-0.15, -0.1) is 0 Å². The smallest absolute Gasteiger partial charge is 0.238 e. The number of rotatable bonds is 3. The van der Waals surface area contributed by atoms with Gasteiger partial charge in [-0.1, -0.05) is 23.2 Å². The quantitative estimate of drug-likeness (QED) is 0.833. The number of nitrogens with one attached hydrogen (secondary N) is 1. The molecular formula is C14H20Cl2N4O. The van der Waals surface area contributed by atoms with E-state index in [9.17, 15) is 4.79 Å². The average molecular weight is 331 g/mol. The number of anilines is 2. The molecule has 1 aromatic rings. The third kappa shape index (κ3) is 4.23. The molecule has 1 aromatic carbocycles. The van der Waals surface area contributed by atoms with Crippen molar-refractivity contribution in [3.8, 4) is 0 Å². The van der Waals surface area contributed by atoms with Crippen LogP contribution in [0.25, 0.3) is 0 Å². The van der Waals surface area contributed by atoms with Crippen LogP contribution in [-0.4, -0.2) is 55.0 Å². The summed E-state index contributed by atoms with van der Waals surface area (Å²) in [4.78, 5) is 16.6. The van der Waals surface area contributed by atoms with E-state index in [1.165, 1.54) is 0 Å². The zero-order chi connectivity index (χ0) is 15.6. The summed E-state index contributed by atoms with van der Waals surface area (Å²) < 4.78 is 0. The van der Waals surface area contributed by atoms with Gasteiger partial charge in [0, 0.05) is 30.7 Å². The molecule has 7 heteroatoms. The summed E-state index contributed by atoms with van der Waals surface area (Å²) in [5, 5.41) is 3.57. The van der Waals surface area contributed by atoms with E-state index >= 15 is 0 Å². The molecule has 21 heavy (non-hydrogen) atoms. The molecule has 5 nitrogen and oxygen atoms in total. The molecule has 2 rings (SSSR count). The van der Waals surface area contributed by atoms with Crippen molar-refractivity contribution < 1.29 is 4.79 Å². The van der Waals surface area contributed by atoms with Crippen LogP contribution in [0.15, 0.2) is 12.1 Å². The van der Waals surface area contributed by atoms with Crippen LogP contribution in [0.3, 0.4) is 0 Å². The molecule has 0 aromatic heterocycles. The van der Waals surface area contributed by atoms with Crippen LogP contribution >= 0.6 is 23.2 Å². The average Bonchev–Trinajstić information content (AvgIpc) is 2.37. The van der Waals surface area contributed by atoms with E-state index in [0.29, 0.717) is 34.0 Å². The number of amides is 1. The third-order valence-electron chi connectivity index (χ3n) is 3.66. The van der Waals surface area contributed by atoms with Crippen LogP contribution in [0.4, 0.5) is 11.4 Å². The van der Waals surface area contributed by atoms with E-state index in [0.717, 1.165) is 19.6 Å². The predicted octanol–water partition coefficient (Wildman–Crippen LogP) is 2.15. The lowest BCUT2D eigenvalue weighted by Gasteiger charge is -2.37. The molecule has 1 unspecified atom stereocenters. The molecule has 1 atom stereocenters.